The van der Waals surface area contributed by atoms with Crippen LogP contribution in [0.5, 0.6) is 0 Å². The number of esters is 2. The Bertz CT molecular complexity index is 563. The molecule has 0 bridgehead atoms. The Morgan fingerprint density at radius 1 is 1.05 bits per heavy atom. The predicted octanol–water partition coefficient (Wildman–Crippen LogP) is 0.688. The fraction of sp³-hybridized carbons (Fsp3) is 0.214. The summed E-state index contributed by atoms with van der Waals surface area (Å²) in [5, 5.41) is 5.23. The highest BCUT2D eigenvalue weighted by atomic mass is 16.5. The highest BCUT2D eigenvalue weighted by Gasteiger charge is 2.13. The summed E-state index contributed by atoms with van der Waals surface area (Å²) < 4.78 is 9.03. The zero-order valence-corrected chi connectivity index (χ0v) is 11.9. The molecule has 0 atom stereocenters. The Morgan fingerprint density at radius 3 is 2.14 bits per heavy atom. The minimum absolute atomic E-state index is 0.0722. The van der Waals surface area contributed by atoms with Gasteiger partial charge in [0.25, 0.3) is 5.91 Å². The molecule has 0 aromatic heterocycles. The van der Waals surface area contributed by atoms with Crippen molar-refractivity contribution in [2.45, 2.75) is 0 Å². The molecule has 112 valence electrons. The van der Waals surface area contributed by atoms with E-state index in [1.54, 1.807) is 24.3 Å². The Hall–Kier alpha value is -2.83. The highest BCUT2D eigenvalue weighted by molar-refractivity contribution is 5.99. The highest BCUT2D eigenvalue weighted by Crippen LogP contribution is 2.13. The zero-order valence-electron chi connectivity index (χ0n) is 11.9. The van der Waals surface area contributed by atoms with Crippen LogP contribution in [-0.4, -0.2) is 39.1 Å². The van der Waals surface area contributed by atoms with Crippen LogP contribution in [0, 0.1) is 0 Å². The quantitative estimate of drug-likeness (QED) is 0.612. The normalized spacial score (nSPS) is 10.5. The number of benzene rings is 1. The maximum Gasteiger partial charge on any atom is 0.354 e. The van der Waals surface area contributed by atoms with Crippen LogP contribution in [0.3, 0.4) is 0 Å². The summed E-state index contributed by atoms with van der Waals surface area (Å²) in [4.78, 5) is 34.2. The lowest BCUT2D eigenvalue weighted by Gasteiger charge is -2.09. The number of hydrogen-bond acceptors (Lipinski definition) is 6. The van der Waals surface area contributed by atoms with E-state index in [1.165, 1.54) is 21.3 Å². The van der Waals surface area contributed by atoms with Crippen molar-refractivity contribution in [3.05, 3.63) is 41.6 Å². The van der Waals surface area contributed by atoms with Crippen LogP contribution >= 0.6 is 0 Å². The third-order valence-corrected chi connectivity index (χ3v) is 2.52. The monoisotopic (exact) mass is 292 g/mol. The molecule has 7 heteroatoms. The van der Waals surface area contributed by atoms with Crippen molar-refractivity contribution in [1.82, 2.24) is 5.32 Å². The standard InChI is InChI=1S/C14H16N2O5/c1-15-13(18)9-4-6-10(7-5-9)16-11(14(19)21-3)8-12(17)20-2/h4-8,16H,1-3H3,(H,15,18)/b11-8+. The predicted molar refractivity (Wildman–Crippen MR) is 75.6 cm³/mol. The van der Waals surface area contributed by atoms with Gasteiger partial charge in [-0.05, 0) is 24.3 Å². The second-order valence-electron chi connectivity index (χ2n) is 3.85. The molecule has 2 N–H and O–H groups in total. The van der Waals surface area contributed by atoms with Crippen LogP contribution in [0.1, 0.15) is 10.4 Å². The Balaban J connectivity index is 2.94. The van der Waals surface area contributed by atoms with E-state index in [-0.39, 0.29) is 11.6 Å². The van der Waals surface area contributed by atoms with Gasteiger partial charge in [-0.25, -0.2) is 9.59 Å². The first kappa shape index (κ1) is 16.2. The van der Waals surface area contributed by atoms with Crippen LogP contribution in [0.25, 0.3) is 0 Å². The SMILES string of the molecule is CNC(=O)c1ccc(N/C(=C/C(=O)OC)C(=O)OC)cc1. The summed E-state index contributed by atoms with van der Waals surface area (Å²) in [7, 11) is 3.93. The molecule has 0 aliphatic carbocycles. The summed E-state index contributed by atoms with van der Waals surface area (Å²) in [6.07, 6.45) is 0.985. The first-order valence-corrected chi connectivity index (χ1v) is 5.99. The zero-order chi connectivity index (χ0) is 15.8. The van der Waals surface area contributed by atoms with Crippen molar-refractivity contribution in [2.75, 3.05) is 26.6 Å². The Labute approximate surface area is 121 Å². The van der Waals surface area contributed by atoms with Gasteiger partial charge in [-0.1, -0.05) is 0 Å². The fourth-order valence-electron chi connectivity index (χ4n) is 1.44. The lowest BCUT2D eigenvalue weighted by molar-refractivity contribution is -0.138. The van der Waals surface area contributed by atoms with Gasteiger partial charge in [0.2, 0.25) is 0 Å². The van der Waals surface area contributed by atoms with Crippen LogP contribution in [0.4, 0.5) is 5.69 Å². The molecule has 0 fully saturated rings. The number of rotatable bonds is 5. The molecule has 0 radical (unpaired) electrons. The molecule has 1 amide bonds. The molecule has 1 aromatic carbocycles. The van der Waals surface area contributed by atoms with Crippen LogP contribution in [0.2, 0.25) is 0 Å². The van der Waals surface area contributed by atoms with Crippen LogP contribution in [0.15, 0.2) is 36.0 Å². The number of hydrogen-bond donors (Lipinski definition) is 2. The van der Waals surface area contributed by atoms with Crippen LogP contribution in [-0.2, 0) is 19.1 Å². The Kier molecular flexibility index (Phi) is 5.94. The number of anilines is 1. The third-order valence-electron chi connectivity index (χ3n) is 2.52. The van der Waals surface area contributed by atoms with Gasteiger partial charge in [0.15, 0.2) is 0 Å². The molecule has 0 saturated heterocycles. The van der Waals surface area contributed by atoms with Gasteiger partial charge in [-0.3, -0.25) is 4.79 Å². The van der Waals surface area contributed by atoms with E-state index in [0.717, 1.165) is 6.08 Å². The number of amides is 1. The van der Waals surface area contributed by atoms with Crippen molar-refractivity contribution >= 4 is 23.5 Å². The molecule has 0 aliphatic heterocycles. The topological polar surface area (TPSA) is 93.7 Å². The largest absolute Gasteiger partial charge is 0.466 e. The molecule has 1 aromatic rings. The van der Waals surface area contributed by atoms with Gasteiger partial charge in [0.1, 0.15) is 5.70 Å². The number of nitrogens with one attached hydrogen (secondary N) is 2. The number of carbonyl (C=O) groups excluding carboxylic acids is 3. The lowest BCUT2D eigenvalue weighted by atomic mass is 10.2. The van der Waals surface area contributed by atoms with E-state index in [9.17, 15) is 14.4 Å². The smallest absolute Gasteiger partial charge is 0.354 e. The molecule has 21 heavy (non-hydrogen) atoms. The number of carbonyl (C=O) groups is 3. The van der Waals surface area contributed by atoms with Gasteiger partial charge < -0.3 is 20.1 Å². The number of ether oxygens (including phenoxy) is 2. The van der Waals surface area contributed by atoms with Gasteiger partial charge in [-0.15, -0.1) is 0 Å². The lowest BCUT2D eigenvalue weighted by Crippen LogP contribution is -2.18. The van der Waals surface area contributed by atoms with Crippen molar-refractivity contribution < 1.29 is 23.9 Å². The first-order valence-electron chi connectivity index (χ1n) is 5.99. The Morgan fingerprint density at radius 2 is 1.67 bits per heavy atom. The summed E-state index contributed by atoms with van der Waals surface area (Å²) in [5.74, 6) is -1.62. The molecule has 7 nitrogen and oxygen atoms in total. The maximum atomic E-state index is 11.6. The molecule has 0 aliphatic rings. The molecular weight excluding hydrogens is 276 g/mol. The molecule has 0 heterocycles. The van der Waals surface area contributed by atoms with E-state index in [0.29, 0.717) is 11.3 Å². The maximum absolute atomic E-state index is 11.6. The van der Waals surface area contributed by atoms with Crippen LogP contribution < -0.4 is 10.6 Å². The number of methoxy groups -OCH3 is 2. The third kappa shape index (κ3) is 4.64. The van der Waals surface area contributed by atoms with Gasteiger partial charge in [-0.2, -0.15) is 0 Å². The van der Waals surface area contributed by atoms with E-state index in [4.69, 9.17) is 0 Å². The van der Waals surface area contributed by atoms with Gasteiger partial charge in [0.05, 0.1) is 20.3 Å². The molecule has 0 spiro atoms. The van der Waals surface area contributed by atoms with Crippen molar-refractivity contribution in [3.63, 3.8) is 0 Å². The second-order valence-corrected chi connectivity index (χ2v) is 3.85. The van der Waals surface area contributed by atoms with Gasteiger partial charge in [0, 0.05) is 18.3 Å². The first-order chi connectivity index (χ1) is 10.0. The molecule has 1 rings (SSSR count). The van der Waals surface area contributed by atoms with E-state index < -0.39 is 11.9 Å². The van der Waals surface area contributed by atoms with Crippen molar-refractivity contribution in [3.8, 4) is 0 Å². The molecule has 0 unspecified atom stereocenters. The van der Waals surface area contributed by atoms with E-state index in [2.05, 4.69) is 20.1 Å². The van der Waals surface area contributed by atoms with E-state index in [1.807, 2.05) is 0 Å². The summed E-state index contributed by atoms with van der Waals surface area (Å²) in [5.41, 5.74) is 0.917. The van der Waals surface area contributed by atoms with Gasteiger partial charge >= 0.3 is 11.9 Å². The minimum Gasteiger partial charge on any atom is -0.466 e. The average molecular weight is 292 g/mol. The average Bonchev–Trinajstić information content (AvgIpc) is 2.53. The van der Waals surface area contributed by atoms with E-state index >= 15 is 0 Å². The molecule has 0 saturated carbocycles. The van der Waals surface area contributed by atoms with Crippen molar-refractivity contribution in [1.29, 1.82) is 0 Å². The summed E-state index contributed by atoms with van der Waals surface area (Å²) in [6.45, 7) is 0. The summed E-state index contributed by atoms with van der Waals surface area (Å²) in [6, 6.07) is 6.35. The second kappa shape index (κ2) is 7.68. The molecular formula is C14H16N2O5. The fourth-order valence-corrected chi connectivity index (χ4v) is 1.44. The summed E-state index contributed by atoms with van der Waals surface area (Å²) >= 11 is 0. The van der Waals surface area contributed by atoms with Crippen molar-refractivity contribution in [2.24, 2.45) is 0 Å². The minimum atomic E-state index is -0.712.